The number of rotatable bonds is 17. The van der Waals surface area contributed by atoms with Crippen LogP contribution in [-0.2, 0) is 11.2 Å². The second-order valence-corrected chi connectivity index (χ2v) is 8.35. The van der Waals surface area contributed by atoms with Gasteiger partial charge in [0.15, 0.2) is 0 Å². The Morgan fingerprint density at radius 1 is 0.821 bits per heavy atom. The topological polar surface area (TPSA) is 32.3 Å². The summed E-state index contributed by atoms with van der Waals surface area (Å²) in [6, 6.07) is 10.2. The van der Waals surface area contributed by atoms with Crippen molar-refractivity contribution in [1.29, 1.82) is 0 Å². The zero-order chi connectivity index (χ0) is 20.5. The summed E-state index contributed by atoms with van der Waals surface area (Å²) in [4.78, 5) is 14.6. The highest BCUT2D eigenvalue weighted by molar-refractivity contribution is 5.82. The second kappa shape index (κ2) is 16.6. The van der Waals surface area contributed by atoms with Crippen LogP contribution in [-0.4, -0.2) is 37.5 Å². The summed E-state index contributed by atoms with van der Waals surface area (Å²) in [7, 11) is 3.97. The number of benzene rings is 1. The molecule has 0 heterocycles. The third-order valence-electron chi connectivity index (χ3n) is 5.53. The van der Waals surface area contributed by atoms with E-state index in [1.54, 1.807) is 0 Å². The van der Waals surface area contributed by atoms with Crippen molar-refractivity contribution < 1.29 is 4.79 Å². The predicted octanol–water partition coefficient (Wildman–Crippen LogP) is 5.98. The third kappa shape index (κ3) is 12.2. The van der Waals surface area contributed by atoms with Gasteiger partial charge in [0.05, 0.1) is 6.04 Å². The molecule has 1 amide bonds. The number of unbranched alkanes of at least 4 members (excludes halogenated alkanes) is 11. The van der Waals surface area contributed by atoms with Crippen LogP contribution in [0.1, 0.15) is 89.5 Å². The van der Waals surface area contributed by atoms with Gasteiger partial charge in [-0.05, 0) is 32.5 Å². The fraction of sp³-hybridized carbons (Fsp3) is 0.720. The summed E-state index contributed by atoms with van der Waals surface area (Å²) in [6.45, 7) is 3.08. The average Bonchev–Trinajstić information content (AvgIpc) is 2.70. The van der Waals surface area contributed by atoms with E-state index in [0.29, 0.717) is 0 Å². The molecule has 3 nitrogen and oxygen atoms in total. The maximum absolute atomic E-state index is 12.5. The molecule has 0 saturated heterocycles. The molecule has 28 heavy (non-hydrogen) atoms. The predicted molar refractivity (Wildman–Crippen MR) is 122 cm³/mol. The molecule has 0 spiro atoms. The number of hydrogen-bond acceptors (Lipinski definition) is 2. The minimum Gasteiger partial charge on any atom is -0.355 e. The summed E-state index contributed by atoms with van der Waals surface area (Å²) >= 11 is 0. The molecule has 0 saturated carbocycles. The molecule has 1 N–H and O–H groups in total. The van der Waals surface area contributed by atoms with E-state index >= 15 is 0 Å². The number of carbonyl (C=O) groups excluding carboxylic acids is 1. The van der Waals surface area contributed by atoms with Crippen molar-refractivity contribution in [3.63, 3.8) is 0 Å². The first kappa shape index (κ1) is 24.7. The minimum atomic E-state index is -0.0975. The Labute approximate surface area is 174 Å². The summed E-state index contributed by atoms with van der Waals surface area (Å²) in [5.74, 6) is 0.150. The Balaban J connectivity index is 2.03. The molecule has 0 radical (unpaired) electrons. The van der Waals surface area contributed by atoms with Gasteiger partial charge in [-0.15, -0.1) is 0 Å². The van der Waals surface area contributed by atoms with Crippen LogP contribution in [0.3, 0.4) is 0 Å². The van der Waals surface area contributed by atoms with Gasteiger partial charge < -0.3 is 5.32 Å². The minimum absolute atomic E-state index is 0.0975. The van der Waals surface area contributed by atoms with Crippen LogP contribution in [0.4, 0.5) is 0 Å². The molecule has 0 bridgehead atoms. The van der Waals surface area contributed by atoms with Gasteiger partial charge in [0.1, 0.15) is 0 Å². The van der Waals surface area contributed by atoms with Gasteiger partial charge >= 0.3 is 0 Å². The van der Waals surface area contributed by atoms with Crippen LogP contribution in [0.2, 0.25) is 0 Å². The fourth-order valence-corrected chi connectivity index (χ4v) is 3.64. The van der Waals surface area contributed by atoms with Crippen molar-refractivity contribution in [3.8, 4) is 0 Å². The van der Waals surface area contributed by atoms with Crippen molar-refractivity contribution in [2.24, 2.45) is 0 Å². The number of nitrogens with zero attached hydrogens (tertiary/aromatic N) is 1. The highest BCUT2D eigenvalue weighted by Gasteiger charge is 2.20. The number of likely N-dealkylation sites (N-methyl/N-ethyl adjacent to an activating group) is 1. The Morgan fingerprint density at radius 3 is 1.82 bits per heavy atom. The molecule has 1 atom stereocenters. The summed E-state index contributed by atoms with van der Waals surface area (Å²) < 4.78 is 0. The largest absolute Gasteiger partial charge is 0.355 e. The molecule has 160 valence electrons. The number of amides is 1. The molecule has 1 rings (SSSR count). The van der Waals surface area contributed by atoms with Crippen molar-refractivity contribution in [2.45, 2.75) is 96.4 Å². The molecule has 0 unspecified atom stereocenters. The fourth-order valence-electron chi connectivity index (χ4n) is 3.64. The van der Waals surface area contributed by atoms with E-state index in [0.717, 1.165) is 19.4 Å². The number of nitrogens with one attached hydrogen (secondary N) is 1. The first-order valence-corrected chi connectivity index (χ1v) is 11.6. The Bertz CT molecular complexity index is 487. The highest BCUT2D eigenvalue weighted by atomic mass is 16.2. The maximum atomic E-state index is 12.5. The molecule has 0 aliphatic carbocycles. The van der Waals surface area contributed by atoms with Crippen molar-refractivity contribution in [2.75, 3.05) is 20.6 Å². The van der Waals surface area contributed by atoms with Crippen LogP contribution in [0.5, 0.6) is 0 Å². The van der Waals surface area contributed by atoms with E-state index in [2.05, 4.69) is 24.4 Å². The maximum Gasteiger partial charge on any atom is 0.237 e. The van der Waals surface area contributed by atoms with E-state index in [-0.39, 0.29) is 11.9 Å². The molecule has 0 aliphatic rings. The summed E-state index contributed by atoms with van der Waals surface area (Å²) in [5.41, 5.74) is 1.21. The van der Waals surface area contributed by atoms with Gasteiger partial charge in [-0.25, -0.2) is 0 Å². The van der Waals surface area contributed by atoms with Gasteiger partial charge in [0, 0.05) is 6.54 Å². The van der Waals surface area contributed by atoms with Gasteiger partial charge in [-0.2, -0.15) is 0 Å². The monoisotopic (exact) mass is 388 g/mol. The summed E-state index contributed by atoms with van der Waals surface area (Å²) in [5, 5.41) is 3.14. The van der Waals surface area contributed by atoms with Crippen molar-refractivity contribution in [3.05, 3.63) is 35.9 Å². The second-order valence-electron chi connectivity index (χ2n) is 8.35. The van der Waals surface area contributed by atoms with Crippen molar-refractivity contribution in [1.82, 2.24) is 10.2 Å². The van der Waals surface area contributed by atoms with Crippen molar-refractivity contribution >= 4 is 5.91 Å². The normalized spacial score (nSPS) is 12.3. The number of carbonyl (C=O) groups is 1. The van der Waals surface area contributed by atoms with Gasteiger partial charge in [0.2, 0.25) is 5.91 Å². The van der Waals surface area contributed by atoms with Gasteiger partial charge in [-0.3, -0.25) is 9.69 Å². The zero-order valence-corrected chi connectivity index (χ0v) is 18.7. The molecular formula is C25H44N2O. The van der Waals surface area contributed by atoms with E-state index in [9.17, 15) is 4.79 Å². The Kier molecular flexibility index (Phi) is 14.6. The molecule has 0 fully saturated rings. The smallest absolute Gasteiger partial charge is 0.237 e. The highest BCUT2D eigenvalue weighted by Crippen LogP contribution is 2.12. The SMILES string of the molecule is CCCCCCCCCCCCCCNC(=O)[C@H](Cc1ccccc1)N(C)C. The van der Waals surface area contributed by atoms with E-state index in [1.165, 1.54) is 76.2 Å². The Morgan fingerprint density at radius 2 is 1.32 bits per heavy atom. The first-order chi connectivity index (χ1) is 13.6. The number of hydrogen-bond donors (Lipinski definition) is 1. The quantitative estimate of drug-likeness (QED) is 0.333. The molecule has 1 aromatic carbocycles. The van der Waals surface area contributed by atoms with Gasteiger partial charge in [-0.1, -0.05) is 108 Å². The lowest BCUT2D eigenvalue weighted by molar-refractivity contribution is -0.125. The van der Waals surface area contributed by atoms with Crippen LogP contribution < -0.4 is 5.32 Å². The molecular weight excluding hydrogens is 344 g/mol. The van der Waals surface area contributed by atoms with E-state index < -0.39 is 0 Å². The molecule has 0 aromatic heterocycles. The van der Waals surface area contributed by atoms with Crippen LogP contribution in [0, 0.1) is 0 Å². The average molecular weight is 389 g/mol. The Hall–Kier alpha value is -1.35. The van der Waals surface area contributed by atoms with E-state index in [4.69, 9.17) is 0 Å². The molecule has 1 aromatic rings. The summed E-state index contributed by atoms with van der Waals surface area (Å²) in [6.07, 6.45) is 16.9. The van der Waals surface area contributed by atoms with Crippen LogP contribution in [0.15, 0.2) is 30.3 Å². The molecule has 0 aliphatic heterocycles. The zero-order valence-electron chi connectivity index (χ0n) is 18.7. The third-order valence-corrected chi connectivity index (χ3v) is 5.53. The van der Waals surface area contributed by atoms with Gasteiger partial charge in [0.25, 0.3) is 0 Å². The standard InChI is InChI=1S/C25H44N2O/c1-4-5-6-7-8-9-10-11-12-13-14-18-21-26-25(28)24(27(2)3)22-23-19-16-15-17-20-23/h15-17,19-20,24H,4-14,18,21-22H2,1-3H3,(H,26,28)/t24-/m0/s1. The molecule has 3 heteroatoms. The lowest BCUT2D eigenvalue weighted by Gasteiger charge is -2.23. The van der Waals surface area contributed by atoms with Crippen LogP contribution >= 0.6 is 0 Å². The lowest BCUT2D eigenvalue weighted by atomic mass is 10.0. The van der Waals surface area contributed by atoms with Crippen LogP contribution in [0.25, 0.3) is 0 Å². The lowest BCUT2D eigenvalue weighted by Crippen LogP contribution is -2.45. The first-order valence-electron chi connectivity index (χ1n) is 11.6. The van der Waals surface area contributed by atoms with E-state index in [1.807, 2.05) is 37.2 Å².